The minimum absolute atomic E-state index is 0.0603. The van der Waals surface area contributed by atoms with Crippen LogP contribution < -0.4 is 24.6 Å². The molecule has 10 heteroatoms. The molecule has 1 fully saturated rings. The van der Waals surface area contributed by atoms with Crippen LogP contribution in [-0.4, -0.2) is 63.0 Å². The van der Waals surface area contributed by atoms with Crippen molar-refractivity contribution >= 4 is 46.4 Å². The second-order valence-electron chi connectivity index (χ2n) is 8.99. The van der Waals surface area contributed by atoms with Gasteiger partial charge in [-0.05, 0) is 48.5 Å². The van der Waals surface area contributed by atoms with E-state index in [2.05, 4.69) is 22.3 Å². The molecule has 0 atom stereocenters. The summed E-state index contributed by atoms with van der Waals surface area (Å²) in [5.41, 5.74) is 2.34. The number of halogens is 1. The van der Waals surface area contributed by atoms with E-state index in [-0.39, 0.29) is 22.3 Å². The van der Waals surface area contributed by atoms with Gasteiger partial charge >= 0.3 is 0 Å². The van der Waals surface area contributed by atoms with Crippen LogP contribution in [-0.2, 0) is 9.59 Å². The van der Waals surface area contributed by atoms with Crippen LogP contribution in [0.1, 0.15) is 10.4 Å². The third kappa shape index (κ3) is 5.13. The molecule has 2 aliphatic heterocycles. The largest absolute Gasteiger partial charge is 0.497 e. The van der Waals surface area contributed by atoms with Crippen LogP contribution in [0.3, 0.4) is 0 Å². The lowest BCUT2D eigenvalue weighted by Gasteiger charge is -2.36. The molecular formula is C29H27ClN4O5. The Hall–Kier alpha value is -4.50. The van der Waals surface area contributed by atoms with E-state index in [0.29, 0.717) is 35.8 Å². The van der Waals surface area contributed by atoms with E-state index in [4.69, 9.17) is 21.1 Å². The Kier molecular flexibility index (Phi) is 7.42. The summed E-state index contributed by atoms with van der Waals surface area (Å²) in [5, 5.41) is 2.69. The van der Waals surface area contributed by atoms with Crippen molar-refractivity contribution in [1.82, 2.24) is 4.90 Å². The molecule has 39 heavy (non-hydrogen) atoms. The molecule has 0 unspecified atom stereocenters. The number of amides is 3. The van der Waals surface area contributed by atoms with Crippen molar-refractivity contribution in [2.45, 2.75) is 0 Å². The maximum Gasteiger partial charge on any atom is 0.283 e. The number of piperazine rings is 1. The van der Waals surface area contributed by atoms with Gasteiger partial charge in [-0.25, -0.2) is 4.90 Å². The van der Waals surface area contributed by atoms with Gasteiger partial charge in [-0.2, -0.15) is 0 Å². The van der Waals surface area contributed by atoms with Crippen LogP contribution in [0.2, 0.25) is 0 Å². The van der Waals surface area contributed by atoms with Crippen molar-refractivity contribution in [2.75, 3.05) is 55.5 Å². The van der Waals surface area contributed by atoms with Gasteiger partial charge in [0.2, 0.25) is 0 Å². The summed E-state index contributed by atoms with van der Waals surface area (Å²) in [6.45, 7) is 2.76. The van der Waals surface area contributed by atoms with Gasteiger partial charge in [0, 0.05) is 49.2 Å². The zero-order chi connectivity index (χ0) is 27.5. The van der Waals surface area contributed by atoms with E-state index < -0.39 is 11.8 Å². The molecule has 5 rings (SSSR count). The van der Waals surface area contributed by atoms with Crippen LogP contribution in [0.4, 0.5) is 17.1 Å². The number of carbonyl (C=O) groups excluding carboxylic acids is 3. The maximum atomic E-state index is 13.2. The highest BCUT2D eigenvalue weighted by molar-refractivity contribution is 6.53. The lowest BCUT2D eigenvalue weighted by Crippen LogP contribution is -2.48. The molecule has 0 aliphatic carbocycles. The van der Waals surface area contributed by atoms with Crippen LogP contribution in [0.15, 0.2) is 83.5 Å². The van der Waals surface area contributed by atoms with Gasteiger partial charge in [-0.15, -0.1) is 0 Å². The Morgan fingerprint density at radius 1 is 0.846 bits per heavy atom. The number of ether oxygens (including phenoxy) is 2. The molecule has 0 spiro atoms. The number of imide groups is 1. The number of hydrogen-bond donors (Lipinski definition) is 1. The number of nitrogens with one attached hydrogen (secondary N) is 1. The molecule has 0 radical (unpaired) electrons. The fourth-order valence-electron chi connectivity index (χ4n) is 4.63. The van der Waals surface area contributed by atoms with Crippen molar-refractivity contribution in [1.29, 1.82) is 0 Å². The maximum absolute atomic E-state index is 13.2. The van der Waals surface area contributed by atoms with Crippen LogP contribution in [0.5, 0.6) is 11.5 Å². The highest BCUT2D eigenvalue weighted by atomic mass is 35.5. The van der Waals surface area contributed by atoms with Gasteiger partial charge in [-0.1, -0.05) is 29.8 Å². The third-order valence-electron chi connectivity index (χ3n) is 6.74. The first-order valence-electron chi connectivity index (χ1n) is 12.4. The average Bonchev–Trinajstić information content (AvgIpc) is 3.20. The first kappa shape index (κ1) is 26.1. The molecule has 1 saturated heterocycles. The van der Waals surface area contributed by atoms with Crippen molar-refractivity contribution in [2.24, 2.45) is 0 Å². The highest BCUT2D eigenvalue weighted by Crippen LogP contribution is 2.38. The van der Waals surface area contributed by atoms with Crippen molar-refractivity contribution in [3.63, 3.8) is 0 Å². The smallest absolute Gasteiger partial charge is 0.283 e. The topological polar surface area (TPSA) is 91.4 Å². The summed E-state index contributed by atoms with van der Waals surface area (Å²) in [7, 11) is 2.92. The number of rotatable bonds is 7. The van der Waals surface area contributed by atoms with Crippen LogP contribution in [0, 0.1) is 0 Å². The Morgan fingerprint density at radius 2 is 1.54 bits per heavy atom. The number of nitrogens with zero attached hydrogens (tertiary/aromatic N) is 3. The van der Waals surface area contributed by atoms with Gasteiger partial charge in [0.25, 0.3) is 17.7 Å². The average molecular weight is 547 g/mol. The number of benzene rings is 3. The molecule has 2 heterocycles. The van der Waals surface area contributed by atoms with Gasteiger partial charge in [0.15, 0.2) is 0 Å². The van der Waals surface area contributed by atoms with E-state index in [1.54, 1.807) is 36.4 Å². The number of methoxy groups -OCH3 is 2. The molecule has 200 valence electrons. The fourth-order valence-corrected chi connectivity index (χ4v) is 4.84. The standard InChI is InChI=1S/C29H27ClN4O5/c1-38-22-12-13-24(39-2)23(18-22)34-28(36)25(30)26(29(34)37)31-20-10-8-19(9-11-20)27(35)33-16-14-32(15-17-33)21-6-4-3-5-7-21/h3-13,18,31H,14-17H2,1-2H3. The summed E-state index contributed by atoms with van der Waals surface area (Å²) < 4.78 is 10.6. The summed E-state index contributed by atoms with van der Waals surface area (Å²) >= 11 is 6.29. The second kappa shape index (κ2) is 11.1. The van der Waals surface area contributed by atoms with E-state index in [1.807, 2.05) is 23.1 Å². The Balaban J connectivity index is 1.26. The molecule has 0 bridgehead atoms. The van der Waals surface area contributed by atoms with Gasteiger partial charge in [-0.3, -0.25) is 14.4 Å². The SMILES string of the molecule is COc1ccc(OC)c(N2C(=O)C(Cl)=C(Nc3ccc(C(=O)N4CCN(c5ccccc5)CC4)cc3)C2=O)c1. The lowest BCUT2D eigenvalue weighted by atomic mass is 10.1. The van der Waals surface area contributed by atoms with Crippen LogP contribution in [0.25, 0.3) is 0 Å². The lowest BCUT2D eigenvalue weighted by molar-refractivity contribution is -0.120. The predicted octanol–water partition coefficient (Wildman–Crippen LogP) is 4.10. The fraction of sp³-hybridized carbons (Fsp3) is 0.207. The summed E-state index contributed by atoms with van der Waals surface area (Å²) in [6.07, 6.45) is 0. The highest BCUT2D eigenvalue weighted by Gasteiger charge is 2.40. The predicted molar refractivity (Wildman–Crippen MR) is 150 cm³/mol. The van der Waals surface area contributed by atoms with Crippen molar-refractivity contribution < 1.29 is 23.9 Å². The quantitative estimate of drug-likeness (QED) is 0.446. The molecule has 3 aromatic rings. The number of para-hydroxylation sites is 1. The number of anilines is 3. The normalized spacial score (nSPS) is 15.6. The Bertz CT molecular complexity index is 1430. The van der Waals surface area contributed by atoms with Gasteiger partial charge in [0.05, 0.1) is 19.9 Å². The molecule has 3 amide bonds. The Morgan fingerprint density at radius 3 is 2.18 bits per heavy atom. The number of hydrogen-bond acceptors (Lipinski definition) is 7. The molecule has 9 nitrogen and oxygen atoms in total. The molecule has 0 aromatic heterocycles. The van der Waals surface area contributed by atoms with Crippen molar-refractivity contribution in [3.8, 4) is 11.5 Å². The van der Waals surface area contributed by atoms with Crippen molar-refractivity contribution in [3.05, 3.63) is 89.1 Å². The molecule has 2 aliphatic rings. The zero-order valence-electron chi connectivity index (χ0n) is 21.5. The van der Waals surface area contributed by atoms with E-state index in [9.17, 15) is 14.4 Å². The molecule has 3 aromatic carbocycles. The molecule has 0 saturated carbocycles. The summed E-state index contributed by atoms with van der Waals surface area (Å²) in [5.74, 6) is -0.610. The minimum atomic E-state index is -0.683. The summed E-state index contributed by atoms with van der Waals surface area (Å²) in [4.78, 5) is 44.3. The first-order valence-corrected chi connectivity index (χ1v) is 12.8. The van der Waals surface area contributed by atoms with E-state index >= 15 is 0 Å². The van der Waals surface area contributed by atoms with E-state index in [1.165, 1.54) is 20.3 Å². The minimum Gasteiger partial charge on any atom is -0.497 e. The monoisotopic (exact) mass is 546 g/mol. The first-order chi connectivity index (χ1) is 18.9. The zero-order valence-corrected chi connectivity index (χ0v) is 22.3. The third-order valence-corrected chi connectivity index (χ3v) is 7.09. The van der Waals surface area contributed by atoms with Gasteiger partial charge < -0.3 is 24.6 Å². The summed E-state index contributed by atoms with van der Waals surface area (Å²) in [6, 6.07) is 21.7. The molecule has 1 N–H and O–H groups in total. The van der Waals surface area contributed by atoms with E-state index in [0.717, 1.165) is 23.7 Å². The second-order valence-corrected chi connectivity index (χ2v) is 9.37. The molecular weight excluding hydrogens is 520 g/mol. The number of carbonyl (C=O) groups is 3. The van der Waals surface area contributed by atoms with Gasteiger partial charge in [0.1, 0.15) is 22.2 Å². The Labute approximate surface area is 231 Å². The van der Waals surface area contributed by atoms with Crippen LogP contribution >= 0.6 is 11.6 Å².